The zero-order chi connectivity index (χ0) is 17.2. The first kappa shape index (κ1) is 16.5. The molecule has 0 radical (unpaired) electrons. The van der Waals surface area contributed by atoms with E-state index in [4.69, 9.17) is 0 Å². The van der Waals surface area contributed by atoms with Crippen LogP contribution in [-0.4, -0.2) is 30.3 Å². The van der Waals surface area contributed by atoms with Crippen LogP contribution in [0.25, 0.3) is 0 Å². The maximum absolute atomic E-state index is 12.4. The highest BCUT2D eigenvalue weighted by atomic mass is 32.2. The minimum atomic E-state index is -3.70. The van der Waals surface area contributed by atoms with Crippen molar-refractivity contribution in [2.45, 2.75) is 36.7 Å². The van der Waals surface area contributed by atoms with Gasteiger partial charge < -0.3 is 5.32 Å². The Morgan fingerprint density at radius 2 is 1.92 bits per heavy atom. The van der Waals surface area contributed by atoms with Crippen LogP contribution in [0.4, 0.5) is 0 Å². The smallest absolute Gasteiger partial charge is 0.251 e. The summed E-state index contributed by atoms with van der Waals surface area (Å²) in [5, 5.41) is 2.86. The maximum atomic E-state index is 12.4. The molecule has 126 valence electrons. The fourth-order valence-corrected chi connectivity index (χ4v) is 3.42. The molecule has 1 aromatic carbocycles. The fraction of sp³-hybridized carbons (Fsp3) is 0.312. The standard InChI is InChI=1S/C16H18N4O3S/c1-11(15-8-9-17-10-18-15)20-24(22,23)14-6-2-12(3-7-14)16(21)19-13-4-5-13/h2-3,6-11,13,20H,4-5H2,1H3,(H,19,21). The number of hydrogen-bond acceptors (Lipinski definition) is 5. The lowest BCUT2D eigenvalue weighted by Gasteiger charge is -2.13. The summed E-state index contributed by atoms with van der Waals surface area (Å²) in [6.45, 7) is 1.71. The second kappa shape index (κ2) is 6.66. The Bertz CT molecular complexity index is 818. The van der Waals surface area contributed by atoms with Gasteiger partial charge in [-0.2, -0.15) is 0 Å². The monoisotopic (exact) mass is 346 g/mol. The predicted molar refractivity (Wildman–Crippen MR) is 87.7 cm³/mol. The van der Waals surface area contributed by atoms with E-state index in [1.54, 1.807) is 19.2 Å². The molecule has 1 aliphatic carbocycles. The molecule has 1 atom stereocenters. The first-order valence-electron chi connectivity index (χ1n) is 7.65. The van der Waals surface area contributed by atoms with E-state index >= 15 is 0 Å². The molecule has 0 aliphatic heterocycles. The molecule has 1 amide bonds. The van der Waals surface area contributed by atoms with Crippen molar-refractivity contribution in [3.8, 4) is 0 Å². The molecule has 2 aromatic rings. The molecule has 1 aromatic heterocycles. The largest absolute Gasteiger partial charge is 0.349 e. The Hall–Kier alpha value is -2.32. The van der Waals surface area contributed by atoms with Crippen LogP contribution in [0, 0.1) is 0 Å². The van der Waals surface area contributed by atoms with Crippen LogP contribution < -0.4 is 10.0 Å². The van der Waals surface area contributed by atoms with Crippen LogP contribution in [0.3, 0.4) is 0 Å². The van der Waals surface area contributed by atoms with E-state index in [0.717, 1.165) is 12.8 Å². The van der Waals surface area contributed by atoms with Crippen molar-refractivity contribution in [2.24, 2.45) is 0 Å². The van der Waals surface area contributed by atoms with Crippen LogP contribution in [0.2, 0.25) is 0 Å². The number of nitrogens with one attached hydrogen (secondary N) is 2. The molecule has 7 nitrogen and oxygen atoms in total. The third-order valence-electron chi connectivity index (χ3n) is 3.72. The van der Waals surface area contributed by atoms with Crippen LogP contribution in [-0.2, 0) is 10.0 Å². The lowest BCUT2D eigenvalue weighted by molar-refractivity contribution is 0.0951. The number of carbonyl (C=O) groups is 1. The van der Waals surface area contributed by atoms with Gasteiger partial charge in [0, 0.05) is 17.8 Å². The average Bonchev–Trinajstić information content (AvgIpc) is 3.39. The maximum Gasteiger partial charge on any atom is 0.251 e. The van der Waals surface area contributed by atoms with Crippen molar-refractivity contribution in [1.29, 1.82) is 0 Å². The summed E-state index contributed by atoms with van der Waals surface area (Å²) in [4.78, 5) is 19.9. The van der Waals surface area contributed by atoms with E-state index in [9.17, 15) is 13.2 Å². The van der Waals surface area contributed by atoms with E-state index < -0.39 is 16.1 Å². The quantitative estimate of drug-likeness (QED) is 0.823. The molecule has 8 heteroatoms. The number of carbonyl (C=O) groups excluding carboxylic acids is 1. The van der Waals surface area contributed by atoms with Crippen LogP contribution in [0.1, 0.15) is 41.9 Å². The highest BCUT2D eigenvalue weighted by molar-refractivity contribution is 7.89. The lowest BCUT2D eigenvalue weighted by atomic mass is 10.2. The molecule has 1 aliphatic rings. The SMILES string of the molecule is CC(NS(=O)(=O)c1ccc(C(=O)NC2CC2)cc1)c1ccncn1. The molecule has 1 saturated carbocycles. The summed E-state index contributed by atoms with van der Waals surface area (Å²) in [5.74, 6) is -0.177. The Morgan fingerprint density at radius 1 is 1.21 bits per heavy atom. The van der Waals surface area contributed by atoms with Crippen molar-refractivity contribution in [1.82, 2.24) is 20.0 Å². The minimum Gasteiger partial charge on any atom is -0.349 e. The molecule has 24 heavy (non-hydrogen) atoms. The number of rotatable bonds is 6. The molecule has 1 unspecified atom stereocenters. The van der Waals surface area contributed by atoms with E-state index in [-0.39, 0.29) is 16.8 Å². The summed E-state index contributed by atoms with van der Waals surface area (Å²) in [6.07, 6.45) is 4.93. The molecular weight excluding hydrogens is 328 g/mol. The molecule has 2 N–H and O–H groups in total. The highest BCUT2D eigenvalue weighted by Gasteiger charge is 2.24. The average molecular weight is 346 g/mol. The molecule has 3 rings (SSSR count). The molecule has 0 spiro atoms. The van der Waals surface area contributed by atoms with Crippen molar-refractivity contribution in [2.75, 3.05) is 0 Å². The first-order chi connectivity index (χ1) is 11.5. The first-order valence-corrected chi connectivity index (χ1v) is 9.13. The number of nitrogens with zero attached hydrogens (tertiary/aromatic N) is 2. The van der Waals surface area contributed by atoms with Crippen LogP contribution in [0.15, 0.2) is 47.8 Å². The third-order valence-corrected chi connectivity index (χ3v) is 5.28. The van der Waals surface area contributed by atoms with Gasteiger partial charge in [0.25, 0.3) is 5.91 Å². The van der Waals surface area contributed by atoms with E-state index in [1.165, 1.54) is 30.6 Å². The summed E-state index contributed by atoms with van der Waals surface area (Å²) in [5.41, 5.74) is 1.03. The van der Waals surface area contributed by atoms with E-state index in [0.29, 0.717) is 11.3 Å². The Labute approximate surface area is 140 Å². The van der Waals surface area contributed by atoms with Gasteiger partial charge >= 0.3 is 0 Å². The van der Waals surface area contributed by atoms with Crippen LogP contribution in [0.5, 0.6) is 0 Å². The Kier molecular flexibility index (Phi) is 4.59. The summed E-state index contributed by atoms with van der Waals surface area (Å²) >= 11 is 0. The molecule has 1 fully saturated rings. The van der Waals surface area contributed by atoms with Gasteiger partial charge in [-0.15, -0.1) is 0 Å². The summed E-state index contributed by atoms with van der Waals surface area (Å²) in [7, 11) is -3.70. The van der Waals surface area contributed by atoms with Gasteiger partial charge in [-0.1, -0.05) is 0 Å². The number of sulfonamides is 1. The third kappa shape index (κ3) is 3.95. The van der Waals surface area contributed by atoms with Gasteiger partial charge in [-0.3, -0.25) is 4.79 Å². The second-order valence-electron chi connectivity index (χ2n) is 5.75. The number of aromatic nitrogens is 2. The normalized spacial score (nSPS) is 15.7. The van der Waals surface area contributed by atoms with Crippen molar-refractivity contribution >= 4 is 15.9 Å². The molecule has 1 heterocycles. The van der Waals surface area contributed by atoms with E-state index in [2.05, 4.69) is 20.0 Å². The van der Waals surface area contributed by atoms with Crippen molar-refractivity contribution in [3.63, 3.8) is 0 Å². The van der Waals surface area contributed by atoms with Gasteiger partial charge in [0.05, 0.1) is 16.6 Å². The predicted octanol–water partition coefficient (Wildman–Crippen LogP) is 1.41. The highest BCUT2D eigenvalue weighted by Crippen LogP contribution is 2.20. The second-order valence-corrected chi connectivity index (χ2v) is 7.46. The molecule has 0 bridgehead atoms. The fourth-order valence-electron chi connectivity index (χ4n) is 2.20. The Morgan fingerprint density at radius 3 is 2.50 bits per heavy atom. The molecular formula is C16H18N4O3S. The van der Waals surface area contributed by atoms with Crippen molar-refractivity contribution in [3.05, 3.63) is 54.1 Å². The van der Waals surface area contributed by atoms with Gasteiger partial charge in [0.1, 0.15) is 6.33 Å². The molecule has 0 saturated heterocycles. The zero-order valence-corrected chi connectivity index (χ0v) is 14.0. The van der Waals surface area contributed by atoms with Crippen molar-refractivity contribution < 1.29 is 13.2 Å². The van der Waals surface area contributed by atoms with Crippen LogP contribution >= 0.6 is 0 Å². The van der Waals surface area contributed by atoms with E-state index in [1.807, 2.05) is 0 Å². The zero-order valence-electron chi connectivity index (χ0n) is 13.1. The Balaban J connectivity index is 1.71. The lowest BCUT2D eigenvalue weighted by Crippen LogP contribution is -2.28. The van der Waals surface area contributed by atoms with Gasteiger partial charge in [0.15, 0.2) is 0 Å². The van der Waals surface area contributed by atoms with Gasteiger partial charge in [-0.25, -0.2) is 23.1 Å². The number of amides is 1. The van der Waals surface area contributed by atoms with Gasteiger partial charge in [-0.05, 0) is 50.1 Å². The summed E-state index contributed by atoms with van der Waals surface area (Å²) < 4.78 is 27.4. The minimum absolute atomic E-state index is 0.103. The summed E-state index contributed by atoms with van der Waals surface area (Å²) in [6, 6.07) is 7.31. The van der Waals surface area contributed by atoms with Gasteiger partial charge in [0.2, 0.25) is 10.0 Å². The number of hydrogen-bond donors (Lipinski definition) is 2. The topological polar surface area (TPSA) is 101 Å². The number of benzene rings is 1.